The van der Waals surface area contributed by atoms with E-state index in [1.54, 1.807) is 18.6 Å². The average molecular weight is 386 g/mol. The van der Waals surface area contributed by atoms with Gasteiger partial charge in [0.1, 0.15) is 5.69 Å². The van der Waals surface area contributed by atoms with Gasteiger partial charge in [-0.05, 0) is 30.3 Å². The largest absolute Gasteiger partial charge is 0.433 e. The van der Waals surface area contributed by atoms with Crippen LogP contribution in [0.5, 0.6) is 0 Å². The van der Waals surface area contributed by atoms with Crippen LogP contribution < -0.4 is 9.80 Å². The molecule has 1 fully saturated rings. The van der Waals surface area contributed by atoms with Gasteiger partial charge in [0.05, 0.1) is 17.6 Å². The normalized spacial score (nSPS) is 15.0. The molecule has 6 nitrogen and oxygen atoms in total. The molecule has 0 N–H and O–H groups in total. The smallest absolute Gasteiger partial charge is 0.367 e. The molecule has 1 saturated heterocycles. The Morgan fingerprint density at radius 2 is 1.50 bits per heavy atom. The number of hydrogen-bond acceptors (Lipinski definition) is 6. The van der Waals surface area contributed by atoms with Crippen molar-refractivity contribution in [3.8, 4) is 11.3 Å². The standard InChI is InChI=1S/C19H17F3N6/c20-19(21,22)17-2-1-15(13-25-17)27-9-11-28(12-10-27)18-24-8-5-16(26-18)14-3-6-23-7-4-14/h1-8,13H,9-12H2. The van der Waals surface area contributed by atoms with E-state index in [-0.39, 0.29) is 0 Å². The van der Waals surface area contributed by atoms with E-state index in [2.05, 4.69) is 24.8 Å². The Balaban J connectivity index is 1.43. The third-order valence-corrected chi connectivity index (χ3v) is 4.58. The van der Waals surface area contributed by atoms with Gasteiger partial charge in [-0.3, -0.25) is 4.98 Å². The predicted octanol–water partition coefficient (Wildman–Crippen LogP) is 3.28. The lowest BCUT2D eigenvalue weighted by atomic mass is 10.2. The van der Waals surface area contributed by atoms with Crippen molar-refractivity contribution in [3.63, 3.8) is 0 Å². The summed E-state index contributed by atoms with van der Waals surface area (Å²) < 4.78 is 38.0. The van der Waals surface area contributed by atoms with Crippen LogP contribution in [-0.2, 0) is 6.18 Å². The van der Waals surface area contributed by atoms with Gasteiger partial charge in [0.25, 0.3) is 0 Å². The number of alkyl halides is 3. The molecule has 0 unspecified atom stereocenters. The summed E-state index contributed by atoms with van der Waals surface area (Å²) >= 11 is 0. The fourth-order valence-electron chi connectivity index (χ4n) is 3.09. The minimum absolute atomic E-state index is 0.638. The maximum atomic E-state index is 12.7. The van der Waals surface area contributed by atoms with E-state index in [9.17, 15) is 13.2 Å². The fourth-order valence-corrected chi connectivity index (χ4v) is 3.09. The van der Waals surface area contributed by atoms with Gasteiger partial charge in [-0.1, -0.05) is 0 Å². The Morgan fingerprint density at radius 3 is 2.14 bits per heavy atom. The summed E-state index contributed by atoms with van der Waals surface area (Å²) in [6.07, 6.45) is 2.01. The SMILES string of the molecule is FC(F)(F)c1ccc(N2CCN(c3nccc(-c4ccncc4)n3)CC2)cn1. The number of pyridine rings is 2. The highest BCUT2D eigenvalue weighted by Gasteiger charge is 2.32. The molecule has 4 heterocycles. The molecule has 0 bridgehead atoms. The first-order valence-corrected chi connectivity index (χ1v) is 8.77. The molecule has 9 heteroatoms. The van der Waals surface area contributed by atoms with E-state index >= 15 is 0 Å². The lowest BCUT2D eigenvalue weighted by Gasteiger charge is -2.36. The molecule has 3 aromatic rings. The quantitative estimate of drug-likeness (QED) is 0.689. The number of aromatic nitrogens is 4. The monoisotopic (exact) mass is 386 g/mol. The third kappa shape index (κ3) is 3.88. The summed E-state index contributed by atoms with van der Waals surface area (Å²) in [6.45, 7) is 2.63. The highest BCUT2D eigenvalue weighted by atomic mass is 19.4. The van der Waals surface area contributed by atoms with Crippen LogP contribution in [0.25, 0.3) is 11.3 Å². The van der Waals surface area contributed by atoms with Crippen LogP contribution in [0.4, 0.5) is 24.8 Å². The Labute approximate surface area is 159 Å². The topological polar surface area (TPSA) is 58.0 Å². The zero-order valence-electron chi connectivity index (χ0n) is 14.8. The van der Waals surface area contributed by atoms with E-state index < -0.39 is 11.9 Å². The zero-order chi connectivity index (χ0) is 19.6. The minimum atomic E-state index is -4.42. The maximum absolute atomic E-state index is 12.7. The number of nitrogens with zero attached hydrogens (tertiary/aromatic N) is 6. The van der Waals surface area contributed by atoms with Crippen LogP contribution in [0.15, 0.2) is 55.1 Å². The van der Waals surface area contributed by atoms with Crippen LogP contribution in [0, 0.1) is 0 Å². The van der Waals surface area contributed by atoms with Gasteiger partial charge < -0.3 is 9.80 Å². The predicted molar refractivity (Wildman–Crippen MR) is 98.9 cm³/mol. The Morgan fingerprint density at radius 1 is 0.786 bits per heavy atom. The van der Waals surface area contributed by atoms with Gasteiger partial charge in [0, 0.05) is 50.3 Å². The average Bonchev–Trinajstić information content (AvgIpc) is 2.74. The van der Waals surface area contributed by atoms with Crippen LogP contribution in [0.1, 0.15) is 5.69 Å². The second-order valence-corrected chi connectivity index (χ2v) is 6.35. The van der Waals surface area contributed by atoms with Crippen LogP contribution in [-0.4, -0.2) is 46.1 Å². The van der Waals surface area contributed by atoms with Crippen molar-refractivity contribution < 1.29 is 13.2 Å². The number of rotatable bonds is 3. The molecular weight excluding hydrogens is 369 g/mol. The highest BCUT2D eigenvalue weighted by Crippen LogP contribution is 2.29. The van der Waals surface area contributed by atoms with E-state index in [0.29, 0.717) is 37.8 Å². The maximum Gasteiger partial charge on any atom is 0.433 e. The summed E-state index contributed by atoms with van der Waals surface area (Å²) in [5, 5.41) is 0. The zero-order valence-corrected chi connectivity index (χ0v) is 14.8. The van der Waals surface area contributed by atoms with Gasteiger partial charge in [0.15, 0.2) is 0 Å². The number of anilines is 2. The van der Waals surface area contributed by atoms with Crippen molar-refractivity contribution in [3.05, 3.63) is 60.8 Å². The molecule has 144 valence electrons. The van der Waals surface area contributed by atoms with E-state index in [1.807, 2.05) is 23.1 Å². The van der Waals surface area contributed by atoms with Gasteiger partial charge in [-0.2, -0.15) is 13.2 Å². The van der Waals surface area contributed by atoms with Crippen LogP contribution in [0.2, 0.25) is 0 Å². The van der Waals surface area contributed by atoms with Gasteiger partial charge >= 0.3 is 6.18 Å². The summed E-state index contributed by atoms with van der Waals surface area (Å²) in [6, 6.07) is 8.11. The summed E-state index contributed by atoms with van der Waals surface area (Å²) in [5.74, 6) is 0.638. The molecule has 3 aromatic heterocycles. The second kappa shape index (κ2) is 7.41. The first kappa shape index (κ1) is 18.1. The van der Waals surface area contributed by atoms with E-state index in [0.717, 1.165) is 17.3 Å². The fraction of sp³-hybridized carbons (Fsp3) is 0.263. The number of piperazine rings is 1. The van der Waals surface area contributed by atoms with Crippen molar-refractivity contribution in [2.24, 2.45) is 0 Å². The highest BCUT2D eigenvalue weighted by molar-refractivity contribution is 5.59. The van der Waals surface area contributed by atoms with Crippen LogP contribution in [0.3, 0.4) is 0 Å². The molecule has 0 saturated carbocycles. The molecule has 1 aliphatic heterocycles. The van der Waals surface area contributed by atoms with E-state index in [1.165, 1.54) is 12.3 Å². The molecule has 0 aromatic carbocycles. The molecule has 0 spiro atoms. The van der Waals surface area contributed by atoms with Crippen molar-refractivity contribution in [2.75, 3.05) is 36.0 Å². The molecule has 0 aliphatic carbocycles. The molecule has 0 amide bonds. The molecule has 4 rings (SSSR count). The summed E-state index contributed by atoms with van der Waals surface area (Å²) in [5.41, 5.74) is 1.59. The molecule has 28 heavy (non-hydrogen) atoms. The Kier molecular flexibility index (Phi) is 4.81. The van der Waals surface area contributed by atoms with Crippen molar-refractivity contribution in [1.29, 1.82) is 0 Å². The molecule has 1 aliphatic rings. The lowest BCUT2D eigenvalue weighted by Crippen LogP contribution is -2.47. The Hall–Kier alpha value is -3.23. The number of halogens is 3. The van der Waals surface area contributed by atoms with Gasteiger partial charge in [-0.25, -0.2) is 15.0 Å². The van der Waals surface area contributed by atoms with Crippen molar-refractivity contribution in [2.45, 2.75) is 6.18 Å². The second-order valence-electron chi connectivity index (χ2n) is 6.35. The third-order valence-electron chi connectivity index (χ3n) is 4.58. The molecule has 0 radical (unpaired) electrons. The first-order chi connectivity index (χ1) is 13.5. The number of hydrogen-bond donors (Lipinski definition) is 0. The minimum Gasteiger partial charge on any atom is -0.367 e. The molecule has 0 atom stereocenters. The summed E-state index contributed by atoms with van der Waals surface area (Å²) in [7, 11) is 0. The molecular formula is C19H17F3N6. The van der Waals surface area contributed by atoms with Gasteiger partial charge in [-0.15, -0.1) is 0 Å². The van der Waals surface area contributed by atoms with E-state index in [4.69, 9.17) is 0 Å². The summed E-state index contributed by atoms with van der Waals surface area (Å²) in [4.78, 5) is 20.6. The van der Waals surface area contributed by atoms with Crippen LogP contribution >= 0.6 is 0 Å². The first-order valence-electron chi connectivity index (χ1n) is 8.77. The Bertz CT molecular complexity index is 922. The van der Waals surface area contributed by atoms with Crippen molar-refractivity contribution in [1.82, 2.24) is 19.9 Å². The van der Waals surface area contributed by atoms with Gasteiger partial charge in [0.2, 0.25) is 5.95 Å². The lowest BCUT2D eigenvalue weighted by molar-refractivity contribution is -0.141. The van der Waals surface area contributed by atoms with Crippen molar-refractivity contribution >= 4 is 11.6 Å².